The van der Waals surface area contributed by atoms with E-state index in [0.29, 0.717) is 6.61 Å². The highest BCUT2D eigenvalue weighted by molar-refractivity contribution is 5.39. The molecule has 1 heterocycles. The SMILES string of the molecule is Cc1ccc(OCC2Cc3ccccc3O2)c([C@@H](C)N)c1. The smallest absolute Gasteiger partial charge is 0.137 e. The van der Waals surface area contributed by atoms with E-state index in [-0.39, 0.29) is 12.1 Å². The number of para-hydroxylation sites is 1. The predicted molar refractivity (Wildman–Crippen MR) is 83.8 cm³/mol. The Kier molecular flexibility index (Phi) is 3.84. The summed E-state index contributed by atoms with van der Waals surface area (Å²) in [7, 11) is 0. The molecule has 0 saturated carbocycles. The van der Waals surface area contributed by atoms with Gasteiger partial charge in [-0.15, -0.1) is 0 Å². The van der Waals surface area contributed by atoms with Crippen LogP contribution in [0.4, 0.5) is 0 Å². The van der Waals surface area contributed by atoms with E-state index in [2.05, 4.69) is 19.1 Å². The van der Waals surface area contributed by atoms with Gasteiger partial charge in [-0.25, -0.2) is 0 Å². The highest BCUT2D eigenvalue weighted by atomic mass is 16.5. The molecule has 0 saturated heterocycles. The molecule has 0 amide bonds. The third-order valence-corrected chi connectivity index (χ3v) is 3.79. The van der Waals surface area contributed by atoms with Crippen LogP contribution >= 0.6 is 0 Å². The lowest BCUT2D eigenvalue weighted by molar-refractivity contribution is 0.147. The Morgan fingerprint density at radius 2 is 2.10 bits per heavy atom. The van der Waals surface area contributed by atoms with Gasteiger partial charge in [-0.1, -0.05) is 35.9 Å². The summed E-state index contributed by atoms with van der Waals surface area (Å²) in [5, 5.41) is 0. The Bertz CT molecular complexity index is 612. The van der Waals surface area contributed by atoms with E-state index in [1.807, 2.05) is 37.3 Å². The molecule has 3 nitrogen and oxygen atoms in total. The van der Waals surface area contributed by atoms with E-state index in [9.17, 15) is 0 Å². The van der Waals surface area contributed by atoms with E-state index in [4.69, 9.17) is 15.2 Å². The van der Waals surface area contributed by atoms with Gasteiger partial charge in [-0.2, -0.15) is 0 Å². The van der Waals surface area contributed by atoms with Crippen LogP contribution in [0.2, 0.25) is 0 Å². The minimum absolute atomic E-state index is 0.0402. The number of ether oxygens (including phenoxy) is 2. The molecule has 21 heavy (non-hydrogen) atoms. The molecule has 2 atom stereocenters. The number of benzene rings is 2. The largest absolute Gasteiger partial charge is 0.489 e. The van der Waals surface area contributed by atoms with Crippen molar-refractivity contribution in [3.63, 3.8) is 0 Å². The Hall–Kier alpha value is -2.00. The molecule has 1 aliphatic rings. The second-order valence-electron chi connectivity index (χ2n) is 5.69. The molecule has 3 rings (SSSR count). The van der Waals surface area contributed by atoms with E-state index in [0.717, 1.165) is 23.5 Å². The lowest BCUT2D eigenvalue weighted by Crippen LogP contribution is -2.23. The van der Waals surface area contributed by atoms with E-state index in [1.165, 1.54) is 11.1 Å². The fraction of sp³-hybridized carbons (Fsp3) is 0.333. The quantitative estimate of drug-likeness (QED) is 0.935. The second-order valence-corrected chi connectivity index (χ2v) is 5.69. The standard InChI is InChI=1S/C18H21NO2/c1-12-7-8-18(16(9-12)13(2)19)20-11-15-10-14-5-3-4-6-17(14)21-15/h3-9,13,15H,10-11,19H2,1-2H3/t13-,15?/m1/s1. The van der Waals surface area contributed by atoms with Crippen molar-refractivity contribution >= 4 is 0 Å². The average molecular weight is 283 g/mol. The number of hydrogen-bond donors (Lipinski definition) is 1. The summed E-state index contributed by atoms with van der Waals surface area (Å²) in [6, 6.07) is 14.2. The minimum atomic E-state index is -0.0402. The van der Waals surface area contributed by atoms with Crippen LogP contribution in [0.25, 0.3) is 0 Å². The second kappa shape index (κ2) is 5.78. The molecule has 0 spiro atoms. The Balaban J connectivity index is 1.67. The van der Waals surface area contributed by atoms with E-state index < -0.39 is 0 Å². The molecule has 0 aliphatic carbocycles. The fourth-order valence-electron chi connectivity index (χ4n) is 2.68. The van der Waals surface area contributed by atoms with Crippen LogP contribution in [0.3, 0.4) is 0 Å². The van der Waals surface area contributed by atoms with Gasteiger partial charge in [0, 0.05) is 18.0 Å². The molecule has 110 valence electrons. The zero-order chi connectivity index (χ0) is 14.8. The third kappa shape index (κ3) is 3.03. The van der Waals surface area contributed by atoms with Gasteiger partial charge in [0.25, 0.3) is 0 Å². The number of nitrogens with two attached hydrogens (primary N) is 1. The fourth-order valence-corrected chi connectivity index (χ4v) is 2.68. The van der Waals surface area contributed by atoms with Crippen molar-refractivity contribution in [2.45, 2.75) is 32.4 Å². The van der Waals surface area contributed by atoms with Gasteiger partial charge in [0.05, 0.1) is 0 Å². The molecule has 0 radical (unpaired) electrons. The van der Waals surface area contributed by atoms with Gasteiger partial charge in [0.2, 0.25) is 0 Å². The zero-order valence-corrected chi connectivity index (χ0v) is 12.5. The maximum absolute atomic E-state index is 6.02. The van der Waals surface area contributed by atoms with Gasteiger partial charge in [-0.05, 0) is 31.5 Å². The van der Waals surface area contributed by atoms with Gasteiger partial charge in [0.15, 0.2) is 0 Å². The zero-order valence-electron chi connectivity index (χ0n) is 12.5. The van der Waals surface area contributed by atoms with Crippen LogP contribution in [0, 0.1) is 6.92 Å². The molecule has 2 aromatic carbocycles. The molecule has 1 aliphatic heterocycles. The first-order valence-corrected chi connectivity index (χ1v) is 7.37. The average Bonchev–Trinajstić information content (AvgIpc) is 2.88. The summed E-state index contributed by atoms with van der Waals surface area (Å²) in [6.07, 6.45) is 0.972. The summed E-state index contributed by atoms with van der Waals surface area (Å²) in [6.45, 7) is 4.58. The monoisotopic (exact) mass is 283 g/mol. The summed E-state index contributed by atoms with van der Waals surface area (Å²) >= 11 is 0. The molecule has 2 N–H and O–H groups in total. The van der Waals surface area contributed by atoms with E-state index in [1.54, 1.807) is 0 Å². The molecule has 0 bridgehead atoms. The number of rotatable bonds is 4. The van der Waals surface area contributed by atoms with Crippen molar-refractivity contribution < 1.29 is 9.47 Å². The third-order valence-electron chi connectivity index (χ3n) is 3.79. The van der Waals surface area contributed by atoms with Crippen LogP contribution in [0.1, 0.15) is 29.7 Å². The van der Waals surface area contributed by atoms with Crippen LogP contribution in [0.15, 0.2) is 42.5 Å². The van der Waals surface area contributed by atoms with Gasteiger partial charge in [0.1, 0.15) is 24.2 Å². The maximum Gasteiger partial charge on any atom is 0.137 e. The minimum Gasteiger partial charge on any atom is -0.489 e. The Morgan fingerprint density at radius 3 is 2.86 bits per heavy atom. The molecular formula is C18H21NO2. The molecule has 1 unspecified atom stereocenters. The van der Waals surface area contributed by atoms with Gasteiger partial charge >= 0.3 is 0 Å². The number of fused-ring (bicyclic) bond motifs is 1. The Morgan fingerprint density at radius 1 is 1.29 bits per heavy atom. The lowest BCUT2D eigenvalue weighted by Gasteiger charge is -2.17. The van der Waals surface area contributed by atoms with Crippen LogP contribution in [0.5, 0.6) is 11.5 Å². The van der Waals surface area contributed by atoms with Crippen molar-refractivity contribution in [2.75, 3.05) is 6.61 Å². The highest BCUT2D eigenvalue weighted by Crippen LogP contribution is 2.30. The summed E-state index contributed by atoms with van der Waals surface area (Å²) in [5.41, 5.74) is 9.52. The number of aryl methyl sites for hydroxylation is 1. The Labute approximate surface area is 125 Å². The summed E-state index contributed by atoms with van der Waals surface area (Å²) in [4.78, 5) is 0. The van der Waals surface area contributed by atoms with Crippen molar-refractivity contribution in [3.8, 4) is 11.5 Å². The van der Waals surface area contributed by atoms with Crippen LogP contribution < -0.4 is 15.2 Å². The predicted octanol–water partition coefficient (Wildman–Crippen LogP) is 3.40. The van der Waals surface area contributed by atoms with Crippen molar-refractivity contribution in [3.05, 3.63) is 59.2 Å². The molecule has 0 fully saturated rings. The summed E-state index contributed by atoms with van der Waals surface area (Å²) in [5.74, 6) is 1.83. The van der Waals surface area contributed by atoms with Crippen LogP contribution in [-0.4, -0.2) is 12.7 Å². The lowest BCUT2D eigenvalue weighted by atomic mass is 10.1. The highest BCUT2D eigenvalue weighted by Gasteiger charge is 2.23. The number of hydrogen-bond acceptors (Lipinski definition) is 3. The van der Waals surface area contributed by atoms with Crippen molar-refractivity contribution in [1.29, 1.82) is 0 Å². The topological polar surface area (TPSA) is 44.5 Å². The van der Waals surface area contributed by atoms with Gasteiger partial charge < -0.3 is 15.2 Å². The first-order valence-electron chi connectivity index (χ1n) is 7.37. The first-order chi connectivity index (χ1) is 10.1. The summed E-state index contributed by atoms with van der Waals surface area (Å²) < 4.78 is 11.9. The van der Waals surface area contributed by atoms with Crippen molar-refractivity contribution in [2.24, 2.45) is 5.73 Å². The molecule has 3 heteroatoms. The van der Waals surface area contributed by atoms with Crippen LogP contribution in [-0.2, 0) is 6.42 Å². The maximum atomic E-state index is 6.02. The normalized spacial score (nSPS) is 18.0. The molecule has 0 aromatic heterocycles. The van der Waals surface area contributed by atoms with Gasteiger partial charge in [-0.3, -0.25) is 0 Å². The van der Waals surface area contributed by atoms with E-state index >= 15 is 0 Å². The first kappa shape index (κ1) is 14.0. The molecular weight excluding hydrogens is 262 g/mol. The van der Waals surface area contributed by atoms with Crippen molar-refractivity contribution in [1.82, 2.24) is 0 Å². The molecule has 2 aromatic rings.